The third kappa shape index (κ3) is 4.30. The van der Waals surface area contributed by atoms with Gasteiger partial charge in [0.05, 0.1) is 5.52 Å². The maximum atomic E-state index is 13.4. The number of likely N-dealkylation sites (tertiary alicyclic amines) is 1. The Hall–Kier alpha value is -2.87. The minimum atomic E-state index is -2.54. The Morgan fingerprint density at radius 2 is 1.97 bits per heavy atom. The van der Waals surface area contributed by atoms with Gasteiger partial charge in [-0.2, -0.15) is 5.10 Å². The van der Waals surface area contributed by atoms with Crippen molar-refractivity contribution in [1.29, 1.82) is 0 Å². The van der Waals surface area contributed by atoms with Gasteiger partial charge in [0.1, 0.15) is 0 Å². The normalized spacial score (nSPS) is 19.3. The highest BCUT2D eigenvalue weighted by Gasteiger charge is 2.33. The molecule has 2 fully saturated rings. The van der Waals surface area contributed by atoms with Crippen molar-refractivity contribution in [1.82, 2.24) is 25.4 Å². The van der Waals surface area contributed by atoms with Crippen LogP contribution >= 0.6 is 0 Å². The Morgan fingerprint density at radius 3 is 2.71 bits per heavy atom. The van der Waals surface area contributed by atoms with Crippen molar-refractivity contribution < 1.29 is 13.6 Å². The van der Waals surface area contributed by atoms with E-state index in [2.05, 4.69) is 20.5 Å². The summed E-state index contributed by atoms with van der Waals surface area (Å²) in [6.07, 6.45) is 6.57. The number of piperidine rings is 1. The molecule has 3 heterocycles. The fourth-order valence-corrected chi connectivity index (χ4v) is 4.20. The van der Waals surface area contributed by atoms with E-state index in [9.17, 15) is 13.6 Å². The predicted molar refractivity (Wildman–Crippen MR) is 114 cm³/mol. The molecule has 1 aliphatic heterocycles. The van der Waals surface area contributed by atoms with E-state index in [1.54, 1.807) is 12.4 Å². The Morgan fingerprint density at radius 1 is 1.16 bits per heavy atom. The molecule has 0 spiro atoms. The Balaban J connectivity index is 1.36. The smallest absolute Gasteiger partial charge is 0.272 e. The average Bonchev–Trinajstić information content (AvgIpc) is 3.16. The van der Waals surface area contributed by atoms with Crippen LogP contribution in [0.2, 0.25) is 0 Å². The van der Waals surface area contributed by atoms with E-state index in [1.807, 2.05) is 29.2 Å². The molecule has 6 nitrogen and oxygen atoms in total. The lowest BCUT2D eigenvalue weighted by atomic mass is 9.93. The van der Waals surface area contributed by atoms with Gasteiger partial charge in [0.15, 0.2) is 5.69 Å². The van der Waals surface area contributed by atoms with E-state index < -0.39 is 5.92 Å². The van der Waals surface area contributed by atoms with E-state index in [4.69, 9.17) is 0 Å². The third-order valence-electron chi connectivity index (χ3n) is 6.34. The molecule has 1 saturated carbocycles. The molecule has 0 unspecified atom stereocenters. The summed E-state index contributed by atoms with van der Waals surface area (Å²) in [5.74, 6) is -2.69. The molecule has 162 valence electrons. The summed E-state index contributed by atoms with van der Waals surface area (Å²) in [5.41, 5.74) is 4.06. The third-order valence-corrected chi connectivity index (χ3v) is 6.34. The zero-order valence-electron chi connectivity index (χ0n) is 17.2. The first-order valence-electron chi connectivity index (χ1n) is 10.8. The fraction of sp³-hybridized carbons (Fsp3) is 0.435. The van der Waals surface area contributed by atoms with Crippen LogP contribution in [-0.2, 0) is 6.54 Å². The van der Waals surface area contributed by atoms with E-state index in [0.29, 0.717) is 25.3 Å². The van der Waals surface area contributed by atoms with Crippen LogP contribution in [0, 0.1) is 0 Å². The van der Waals surface area contributed by atoms with Crippen LogP contribution in [0.5, 0.6) is 0 Å². The number of benzene rings is 1. The number of pyridine rings is 1. The molecule has 2 aliphatic rings. The number of nitrogens with zero attached hydrogens (tertiary/aromatic N) is 3. The number of H-pyrrole nitrogens is 1. The summed E-state index contributed by atoms with van der Waals surface area (Å²) in [4.78, 5) is 19.0. The molecule has 1 saturated heterocycles. The largest absolute Gasteiger partial charge is 0.348 e. The van der Waals surface area contributed by atoms with Gasteiger partial charge in [-0.15, -0.1) is 0 Å². The Bertz CT molecular complexity index is 1100. The molecule has 2 N–H and O–H groups in total. The van der Waals surface area contributed by atoms with Crippen LogP contribution in [0.1, 0.15) is 48.2 Å². The number of aromatic nitrogens is 3. The number of hydrogen-bond acceptors (Lipinski definition) is 4. The summed E-state index contributed by atoms with van der Waals surface area (Å²) in [7, 11) is 0. The lowest BCUT2D eigenvalue weighted by Gasteiger charge is -2.31. The van der Waals surface area contributed by atoms with Crippen LogP contribution in [0.4, 0.5) is 8.78 Å². The molecule has 0 atom stereocenters. The SMILES string of the molecule is O=C(NC1CCC1)c1n[nH]c2ccc(-c3cncc(CN4CCC(F)(F)CC4)c3)cc12. The summed E-state index contributed by atoms with van der Waals surface area (Å²) in [6.45, 7) is 1.37. The van der Waals surface area contributed by atoms with Gasteiger partial charge < -0.3 is 5.32 Å². The number of alkyl halides is 2. The van der Waals surface area contributed by atoms with Gasteiger partial charge in [-0.1, -0.05) is 6.07 Å². The van der Waals surface area contributed by atoms with Crippen molar-refractivity contribution in [3.63, 3.8) is 0 Å². The topological polar surface area (TPSA) is 73.9 Å². The summed E-state index contributed by atoms with van der Waals surface area (Å²) >= 11 is 0. The van der Waals surface area contributed by atoms with E-state index in [1.165, 1.54) is 0 Å². The fourth-order valence-electron chi connectivity index (χ4n) is 4.20. The lowest BCUT2D eigenvalue weighted by molar-refractivity contribution is -0.0566. The summed E-state index contributed by atoms with van der Waals surface area (Å²) in [5, 5.41) is 11.0. The number of hydrogen-bond donors (Lipinski definition) is 2. The van der Waals surface area contributed by atoms with Crippen molar-refractivity contribution >= 4 is 16.8 Å². The van der Waals surface area contributed by atoms with Gasteiger partial charge in [0.25, 0.3) is 11.8 Å². The number of carbonyl (C=O) groups is 1. The van der Waals surface area contributed by atoms with Gasteiger partial charge >= 0.3 is 0 Å². The van der Waals surface area contributed by atoms with Crippen LogP contribution < -0.4 is 5.32 Å². The zero-order chi connectivity index (χ0) is 21.4. The second-order valence-corrected chi connectivity index (χ2v) is 8.65. The molecule has 5 rings (SSSR count). The first-order chi connectivity index (χ1) is 15.0. The highest BCUT2D eigenvalue weighted by atomic mass is 19.3. The van der Waals surface area contributed by atoms with Crippen LogP contribution in [0.3, 0.4) is 0 Å². The average molecular weight is 425 g/mol. The van der Waals surface area contributed by atoms with Gasteiger partial charge in [0, 0.05) is 61.9 Å². The standard InChI is InChI=1S/C23H25F2N5O/c24-23(25)6-8-30(9-7-23)14-15-10-17(13-26-12-15)16-4-5-20-19(11-16)21(29-28-20)22(31)27-18-2-1-3-18/h4-5,10-13,18H,1-3,6-9,14H2,(H,27,31)(H,28,29). The molecular formula is C23H25F2N5O. The highest BCUT2D eigenvalue weighted by molar-refractivity contribution is 6.05. The minimum absolute atomic E-state index is 0.0943. The van der Waals surface area contributed by atoms with Crippen LogP contribution in [0.25, 0.3) is 22.0 Å². The summed E-state index contributed by atoms with van der Waals surface area (Å²) in [6, 6.07) is 8.12. The van der Waals surface area contributed by atoms with E-state index in [-0.39, 0.29) is 24.8 Å². The molecule has 1 aliphatic carbocycles. The molecule has 0 bridgehead atoms. The predicted octanol–water partition coefficient (Wildman–Crippen LogP) is 4.14. The second kappa shape index (κ2) is 8.00. The number of halogens is 2. The Labute approximate surface area is 179 Å². The molecule has 31 heavy (non-hydrogen) atoms. The van der Waals surface area contributed by atoms with Crippen molar-refractivity contribution in [3.05, 3.63) is 47.9 Å². The van der Waals surface area contributed by atoms with Crippen molar-refractivity contribution in [2.75, 3.05) is 13.1 Å². The molecule has 3 aromatic rings. The van der Waals surface area contributed by atoms with Gasteiger partial charge in [-0.25, -0.2) is 8.78 Å². The van der Waals surface area contributed by atoms with Crippen molar-refractivity contribution in [3.8, 4) is 11.1 Å². The monoisotopic (exact) mass is 425 g/mol. The summed E-state index contributed by atoms with van der Waals surface area (Å²) < 4.78 is 26.8. The van der Waals surface area contributed by atoms with Gasteiger partial charge in [0.2, 0.25) is 0 Å². The van der Waals surface area contributed by atoms with Gasteiger partial charge in [-0.05, 0) is 48.6 Å². The number of amides is 1. The highest BCUT2D eigenvalue weighted by Crippen LogP contribution is 2.30. The molecule has 8 heteroatoms. The minimum Gasteiger partial charge on any atom is -0.348 e. The first-order valence-corrected chi connectivity index (χ1v) is 10.8. The van der Waals surface area contributed by atoms with Gasteiger partial charge in [-0.3, -0.25) is 19.8 Å². The number of rotatable bonds is 5. The zero-order valence-corrected chi connectivity index (χ0v) is 17.2. The molecular weight excluding hydrogens is 400 g/mol. The molecule has 1 amide bonds. The molecule has 0 radical (unpaired) electrons. The molecule has 2 aromatic heterocycles. The van der Waals surface area contributed by atoms with Crippen LogP contribution in [0.15, 0.2) is 36.7 Å². The lowest BCUT2D eigenvalue weighted by Crippen LogP contribution is -2.39. The van der Waals surface area contributed by atoms with E-state index >= 15 is 0 Å². The number of carbonyl (C=O) groups excluding carboxylic acids is 1. The Kier molecular flexibility index (Phi) is 5.17. The number of aromatic amines is 1. The number of nitrogens with one attached hydrogen (secondary N) is 2. The van der Waals surface area contributed by atoms with E-state index in [0.717, 1.165) is 46.9 Å². The number of fused-ring (bicyclic) bond motifs is 1. The van der Waals surface area contributed by atoms with Crippen LogP contribution in [-0.4, -0.2) is 51.0 Å². The van der Waals surface area contributed by atoms with Crippen molar-refractivity contribution in [2.45, 2.75) is 50.6 Å². The maximum Gasteiger partial charge on any atom is 0.272 e. The molecule has 1 aromatic carbocycles. The first kappa shape index (κ1) is 20.1. The quantitative estimate of drug-likeness (QED) is 0.644. The maximum absolute atomic E-state index is 13.4. The second-order valence-electron chi connectivity index (χ2n) is 8.65. The van der Waals surface area contributed by atoms with Crippen molar-refractivity contribution in [2.24, 2.45) is 0 Å².